The third-order valence-electron chi connectivity index (χ3n) is 4.10. The molecule has 0 rings (SSSR count). The highest BCUT2D eigenvalue weighted by Gasteiger charge is 2.23. The number of unbranched alkanes of at least 4 members (excludes halogenated alkanes) is 8. The Morgan fingerprint density at radius 1 is 0.840 bits per heavy atom. The SMILES string of the molecule is CCCCCCCCCCCS(=O)(=O)[N-]CC(C)(C)C[N+](C)(C)C.I. The molecule has 0 unspecified atom stereocenters. The lowest BCUT2D eigenvalue weighted by Crippen LogP contribution is -2.44. The lowest BCUT2D eigenvalue weighted by atomic mass is 9.93. The maximum absolute atomic E-state index is 12.1. The summed E-state index contributed by atoms with van der Waals surface area (Å²) in [4.78, 5) is 0. The van der Waals surface area contributed by atoms with Crippen LogP contribution >= 0.6 is 24.0 Å². The first-order valence-electron chi connectivity index (χ1n) is 9.69. The maximum Gasteiger partial charge on any atom is 0.0815 e. The van der Waals surface area contributed by atoms with Crippen LogP contribution in [0.4, 0.5) is 0 Å². The number of sulfonamides is 1. The molecule has 0 spiro atoms. The van der Waals surface area contributed by atoms with E-state index in [0.29, 0.717) is 6.54 Å². The summed E-state index contributed by atoms with van der Waals surface area (Å²) < 4.78 is 29.0. The van der Waals surface area contributed by atoms with Crippen LogP contribution in [0.25, 0.3) is 4.72 Å². The van der Waals surface area contributed by atoms with E-state index in [9.17, 15) is 8.42 Å². The van der Waals surface area contributed by atoms with Crippen LogP contribution in [0.15, 0.2) is 0 Å². The molecule has 0 saturated carbocycles. The van der Waals surface area contributed by atoms with Gasteiger partial charge in [0.25, 0.3) is 0 Å². The molecule has 0 aliphatic rings. The standard InChI is InChI=1S/C19H42N2O2S.HI/c1-7-8-9-10-11-12-13-14-15-16-24(22,23)20-17-19(2,3)18-21(4,5)6;/h7-18H2,1-6H3;1H. The largest absolute Gasteiger partial charge is 0.548 e. The summed E-state index contributed by atoms with van der Waals surface area (Å²) in [6, 6.07) is 0. The van der Waals surface area contributed by atoms with Crippen LogP contribution < -0.4 is 0 Å². The van der Waals surface area contributed by atoms with Gasteiger partial charge in [-0.2, -0.15) is 0 Å². The second kappa shape index (κ2) is 13.7. The summed E-state index contributed by atoms with van der Waals surface area (Å²) in [6.45, 7) is 7.71. The van der Waals surface area contributed by atoms with Crippen LogP contribution in [0.3, 0.4) is 0 Å². The fourth-order valence-corrected chi connectivity index (χ4v) is 4.51. The predicted molar refractivity (Wildman–Crippen MR) is 121 cm³/mol. The Balaban J connectivity index is 0. The van der Waals surface area contributed by atoms with Crippen molar-refractivity contribution in [3.05, 3.63) is 4.72 Å². The van der Waals surface area contributed by atoms with E-state index in [1.165, 1.54) is 38.5 Å². The van der Waals surface area contributed by atoms with Crippen molar-refractivity contribution in [2.45, 2.75) is 78.6 Å². The summed E-state index contributed by atoms with van der Waals surface area (Å²) in [7, 11) is 3.11. The summed E-state index contributed by atoms with van der Waals surface area (Å²) in [5.74, 6) is 0.212. The second-order valence-electron chi connectivity index (χ2n) is 9.01. The highest BCUT2D eigenvalue weighted by molar-refractivity contribution is 14.0. The van der Waals surface area contributed by atoms with E-state index in [2.05, 4.69) is 46.6 Å². The van der Waals surface area contributed by atoms with Gasteiger partial charge < -0.3 is 9.21 Å². The van der Waals surface area contributed by atoms with E-state index in [4.69, 9.17) is 0 Å². The van der Waals surface area contributed by atoms with Gasteiger partial charge in [-0.05, 0) is 11.8 Å². The molecular formula is C19H43IN2O2S. The Labute approximate surface area is 175 Å². The van der Waals surface area contributed by atoms with Crippen LogP contribution in [0.1, 0.15) is 78.6 Å². The molecule has 0 aromatic heterocycles. The fourth-order valence-electron chi connectivity index (χ4n) is 3.27. The number of hydrogen-bond acceptors (Lipinski definition) is 2. The molecule has 0 saturated heterocycles. The molecule has 0 aromatic carbocycles. The summed E-state index contributed by atoms with van der Waals surface area (Å²) in [6.07, 6.45) is 10.7. The van der Waals surface area contributed by atoms with Crippen LogP contribution in [-0.2, 0) is 10.0 Å². The van der Waals surface area contributed by atoms with Gasteiger partial charge in [-0.15, -0.1) is 30.5 Å². The third kappa shape index (κ3) is 19.2. The number of quaternary nitrogens is 1. The lowest BCUT2D eigenvalue weighted by Gasteiger charge is -2.38. The molecule has 0 fully saturated rings. The van der Waals surface area contributed by atoms with Crippen LogP contribution in [-0.4, -0.2) is 52.9 Å². The zero-order chi connectivity index (χ0) is 18.7. The maximum atomic E-state index is 12.1. The van der Waals surface area contributed by atoms with Crippen molar-refractivity contribution in [2.75, 3.05) is 40.0 Å². The van der Waals surface area contributed by atoms with Crippen LogP contribution in [0, 0.1) is 5.41 Å². The van der Waals surface area contributed by atoms with Gasteiger partial charge in [-0.25, -0.2) is 8.42 Å². The van der Waals surface area contributed by atoms with E-state index in [1.54, 1.807) is 0 Å². The zero-order valence-corrected chi connectivity index (χ0v) is 20.7. The van der Waals surface area contributed by atoms with E-state index < -0.39 is 10.0 Å². The van der Waals surface area contributed by atoms with Crippen molar-refractivity contribution in [1.82, 2.24) is 0 Å². The Morgan fingerprint density at radius 3 is 1.72 bits per heavy atom. The number of halogens is 1. The quantitative estimate of drug-likeness (QED) is 0.171. The summed E-state index contributed by atoms with van der Waals surface area (Å²) >= 11 is 0. The molecule has 0 N–H and O–H groups in total. The van der Waals surface area contributed by atoms with Crippen molar-refractivity contribution >= 4 is 34.0 Å². The van der Waals surface area contributed by atoms with E-state index in [-0.39, 0.29) is 35.1 Å². The molecule has 0 amide bonds. The van der Waals surface area contributed by atoms with Gasteiger partial charge >= 0.3 is 0 Å². The predicted octanol–water partition coefficient (Wildman–Crippen LogP) is 5.57. The Hall–Kier alpha value is 0.600. The zero-order valence-electron chi connectivity index (χ0n) is 17.5. The normalized spacial score (nSPS) is 12.9. The van der Waals surface area contributed by atoms with E-state index in [1.807, 2.05) is 0 Å². The van der Waals surface area contributed by atoms with Gasteiger partial charge in [0.05, 0.1) is 37.7 Å². The molecule has 4 nitrogen and oxygen atoms in total. The number of nitrogens with zero attached hydrogens (tertiary/aromatic N) is 2. The molecular weight excluding hydrogens is 447 g/mol. The minimum Gasteiger partial charge on any atom is -0.548 e. The van der Waals surface area contributed by atoms with Crippen molar-refractivity contribution in [3.63, 3.8) is 0 Å². The van der Waals surface area contributed by atoms with Gasteiger partial charge in [0, 0.05) is 5.75 Å². The highest BCUT2D eigenvalue weighted by Crippen LogP contribution is 2.23. The topological polar surface area (TPSA) is 48.2 Å². The molecule has 0 aliphatic heterocycles. The minimum atomic E-state index is -3.26. The first-order valence-corrected chi connectivity index (χ1v) is 11.3. The molecule has 0 aliphatic carbocycles. The molecule has 0 heterocycles. The van der Waals surface area contributed by atoms with Gasteiger partial charge in [0.1, 0.15) is 0 Å². The monoisotopic (exact) mass is 490 g/mol. The summed E-state index contributed by atoms with van der Waals surface area (Å²) in [5.41, 5.74) is -0.0934. The van der Waals surface area contributed by atoms with Gasteiger partial charge in [-0.1, -0.05) is 72.1 Å². The van der Waals surface area contributed by atoms with Crippen molar-refractivity contribution < 1.29 is 12.9 Å². The van der Waals surface area contributed by atoms with Gasteiger partial charge in [0.15, 0.2) is 0 Å². The lowest BCUT2D eigenvalue weighted by molar-refractivity contribution is -0.876. The Morgan fingerprint density at radius 2 is 1.28 bits per heavy atom. The fraction of sp³-hybridized carbons (Fsp3) is 1.00. The van der Waals surface area contributed by atoms with Gasteiger partial charge in [-0.3, -0.25) is 0 Å². The van der Waals surface area contributed by atoms with Crippen molar-refractivity contribution in [3.8, 4) is 0 Å². The molecule has 154 valence electrons. The highest BCUT2D eigenvalue weighted by atomic mass is 127. The molecule has 0 radical (unpaired) electrons. The first kappa shape index (κ1) is 27.8. The number of rotatable bonds is 15. The van der Waals surface area contributed by atoms with Crippen molar-refractivity contribution in [2.24, 2.45) is 5.41 Å². The second-order valence-corrected chi connectivity index (χ2v) is 10.8. The van der Waals surface area contributed by atoms with Gasteiger partial charge in [0.2, 0.25) is 0 Å². The van der Waals surface area contributed by atoms with Crippen molar-refractivity contribution in [1.29, 1.82) is 0 Å². The molecule has 0 atom stereocenters. The molecule has 0 bridgehead atoms. The van der Waals surface area contributed by atoms with Crippen LogP contribution in [0.2, 0.25) is 0 Å². The number of hydrogen-bond donors (Lipinski definition) is 0. The molecule has 0 aromatic rings. The molecule has 25 heavy (non-hydrogen) atoms. The average molecular weight is 491 g/mol. The molecule has 6 heteroatoms. The minimum absolute atomic E-state index is 0. The smallest absolute Gasteiger partial charge is 0.0815 e. The Bertz CT molecular complexity index is 418. The third-order valence-corrected chi connectivity index (χ3v) is 5.42. The average Bonchev–Trinajstić information content (AvgIpc) is 2.41. The first-order chi connectivity index (χ1) is 11.0. The summed E-state index contributed by atoms with van der Waals surface area (Å²) in [5, 5.41) is 0. The Kier molecular flexibility index (Phi) is 15.3. The van der Waals surface area contributed by atoms with E-state index in [0.717, 1.165) is 30.3 Å². The van der Waals surface area contributed by atoms with Crippen LogP contribution in [0.5, 0.6) is 0 Å². The van der Waals surface area contributed by atoms with E-state index >= 15 is 0 Å².